The van der Waals surface area contributed by atoms with Gasteiger partial charge in [0.05, 0.1) is 0 Å². The standard InChI is InChI=1S/C12H6Cl2F2N2O/c13-10-3-6(4-11(14)18-10)12(19)17-7-1-2-8(15)9(16)5-7/h1-5H,(H,17,19). The van der Waals surface area contributed by atoms with E-state index < -0.39 is 17.5 Å². The molecular weight excluding hydrogens is 297 g/mol. The number of rotatable bonds is 2. The quantitative estimate of drug-likeness (QED) is 0.854. The van der Waals surface area contributed by atoms with Gasteiger partial charge in [-0.25, -0.2) is 13.8 Å². The summed E-state index contributed by atoms with van der Waals surface area (Å²) in [5.74, 6) is -2.60. The summed E-state index contributed by atoms with van der Waals surface area (Å²) in [5.41, 5.74) is 0.280. The van der Waals surface area contributed by atoms with Gasteiger partial charge >= 0.3 is 0 Å². The first-order valence-electron chi connectivity index (χ1n) is 5.05. The Kier molecular flexibility index (Phi) is 3.97. The molecule has 3 nitrogen and oxygen atoms in total. The Bertz CT molecular complexity index is 629. The zero-order valence-corrected chi connectivity index (χ0v) is 10.8. The van der Waals surface area contributed by atoms with Crippen molar-refractivity contribution in [3.05, 3.63) is 57.8 Å². The SMILES string of the molecule is O=C(Nc1ccc(F)c(F)c1)c1cc(Cl)nc(Cl)c1. The number of amides is 1. The Balaban J connectivity index is 2.22. The lowest BCUT2D eigenvalue weighted by Crippen LogP contribution is -2.12. The first-order chi connectivity index (χ1) is 8.95. The summed E-state index contributed by atoms with van der Waals surface area (Å²) in [4.78, 5) is 15.5. The lowest BCUT2D eigenvalue weighted by molar-refractivity contribution is 0.102. The molecule has 1 heterocycles. The van der Waals surface area contributed by atoms with E-state index in [1.54, 1.807) is 0 Å². The van der Waals surface area contributed by atoms with Gasteiger partial charge in [0.15, 0.2) is 11.6 Å². The van der Waals surface area contributed by atoms with Gasteiger partial charge in [-0.1, -0.05) is 23.2 Å². The van der Waals surface area contributed by atoms with E-state index in [1.807, 2.05) is 0 Å². The predicted octanol–water partition coefficient (Wildman–Crippen LogP) is 3.92. The zero-order chi connectivity index (χ0) is 14.0. The van der Waals surface area contributed by atoms with E-state index in [2.05, 4.69) is 10.3 Å². The van der Waals surface area contributed by atoms with Gasteiger partial charge in [-0.2, -0.15) is 0 Å². The molecule has 0 spiro atoms. The van der Waals surface area contributed by atoms with Gasteiger partial charge < -0.3 is 5.32 Å². The van der Waals surface area contributed by atoms with Crippen LogP contribution in [0.1, 0.15) is 10.4 Å². The molecule has 0 bridgehead atoms. The number of benzene rings is 1. The first kappa shape index (κ1) is 13.7. The van der Waals surface area contributed by atoms with Crippen molar-refractivity contribution in [2.75, 3.05) is 5.32 Å². The maximum atomic E-state index is 13.0. The van der Waals surface area contributed by atoms with Gasteiger partial charge in [0.2, 0.25) is 0 Å². The second-order valence-electron chi connectivity index (χ2n) is 3.58. The van der Waals surface area contributed by atoms with Gasteiger partial charge in [0, 0.05) is 17.3 Å². The summed E-state index contributed by atoms with van der Waals surface area (Å²) in [6.45, 7) is 0. The fourth-order valence-electron chi connectivity index (χ4n) is 1.37. The molecule has 0 unspecified atom stereocenters. The number of nitrogens with one attached hydrogen (secondary N) is 1. The van der Waals surface area contributed by atoms with E-state index in [-0.39, 0.29) is 21.6 Å². The van der Waals surface area contributed by atoms with Crippen LogP contribution in [0.2, 0.25) is 10.3 Å². The number of nitrogens with zero attached hydrogens (tertiary/aromatic N) is 1. The third-order valence-corrected chi connectivity index (χ3v) is 2.59. The molecule has 1 aromatic carbocycles. The monoisotopic (exact) mass is 302 g/mol. The minimum Gasteiger partial charge on any atom is -0.322 e. The minimum atomic E-state index is -1.05. The fraction of sp³-hybridized carbons (Fsp3) is 0. The summed E-state index contributed by atoms with van der Waals surface area (Å²) in [5, 5.41) is 2.51. The molecule has 0 radical (unpaired) electrons. The number of aromatic nitrogens is 1. The van der Waals surface area contributed by atoms with Crippen LogP contribution < -0.4 is 5.32 Å². The second-order valence-corrected chi connectivity index (χ2v) is 4.36. The van der Waals surface area contributed by atoms with Crippen LogP contribution >= 0.6 is 23.2 Å². The highest BCUT2D eigenvalue weighted by Crippen LogP contribution is 2.17. The van der Waals surface area contributed by atoms with Crippen LogP contribution in [0.3, 0.4) is 0 Å². The van der Waals surface area contributed by atoms with Gasteiger partial charge in [0.1, 0.15) is 10.3 Å². The normalized spacial score (nSPS) is 10.3. The van der Waals surface area contributed by atoms with Crippen molar-refractivity contribution in [2.24, 2.45) is 0 Å². The van der Waals surface area contributed by atoms with Crippen molar-refractivity contribution in [1.29, 1.82) is 0 Å². The molecule has 2 rings (SSSR count). The molecule has 0 atom stereocenters. The maximum Gasteiger partial charge on any atom is 0.255 e. The molecule has 1 aromatic heterocycles. The molecule has 0 aliphatic carbocycles. The Morgan fingerprint density at radius 1 is 1.05 bits per heavy atom. The van der Waals surface area contributed by atoms with Crippen LogP contribution in [0.5, 0.6) is 0 Å². The molecule has 0 saturated heterocycles. The van der Waals surface area contributed by atoms with Gasteiger partial charge in [-0.15, -0.1) is 0 Å². The number of hydrogen-bond acceptors (Lipinski definition) is 2. The van der Waals surface area contributed by atoms with Crippen LogP contribution in [0, 0.1) is 11.6 Å². The Labute approximate surface area is 117 Å². The summed E-state index contributed by atoms with van der Waals surface area (Å²) in [7, 11) is 0. The Hall–Kier alpha value is -1.72. The van der Waals surface area contributed by atoms with E-state index >= 15 is 0 Å². The fourth-order valence-corrected chi connectivity index (χ4v) is 1.83. The molecule has 0 saturated carbocycles. The van der Waals surface area contributed by atoms with E-state index in [0.29, 0.717) is 0 Å². The van der Waals surface area contributed by atoms with Crippen LogP contribution in [0.25, 0.3) is 0 Å². The zero-order valence-electron chi connectivity index (χ0n) is 9.25. The summed E-state index contributed by atoms with van der Waals surface area (Å²) < 4.78 is 25.7. The molecule has 19 heavy (non-hydrogen) atoms. The lowest BCUT2D eigenvalue weighted by Gasteiger charge is -2.06. The predicted molar refractivity (Wildman–Crippen MR) is 68.6 cm³/mol. The largest absolute Gasteiger partial charge is 0.322 e. The van der Waals surface area contributed by atoms with Crippen LogP contribution in [0.15, 0.2) is 30.3 Å². The van der Waals surface area contributed by atoms with Crippen molar-refractivity contribution in [3.8, 4) is 0 Å². The maximum absolute atomic E-state index is 13.0. The van der Waals surface area contributed by atoms with Crippen LogP contribution in [0.4, 0.5) is 14.5 Å². The average molecular weight is 303 g/mol. The molecule has 0 fully saturated rings. The second kappa shape index (κ2) is 5.50. The topological polar surface area (TPSA) is 42.0 Å². The van der Waals surface area contributed by atoms with E-state index in [1.165, 1.54) is 18.2 Å². The van der Waals surface area contributed by atoms with E-state index in [9.17, 15) is 13.6 Å². The third-order valence-electron chi connectivity index (χ3n) is 2.20. The van der Waals surface area contributed by atoms with Crippen molar-refractivity contribution in [1.82, 2.24) is 4.98 Å². The number of hydrogen-bond donors (Lipinski definition) is 1. The number of carbonyl (C=O) groups is 1. The number of pyridine rings is 1. The molecule has 1 N–H and O–H groups in total. The van der Waals surface area contributed by atoms with Crippen LogP contribution in [-0.4, -0.2) is 10.9 Å². The van der Waals surface area contributed by atoms with Crippen molar-refractivity contribution >= 4 is 34.8 Å². The highest BCUT2D eigenvalue weighted by molar-refractivity contribution is 6.33. The lowest BCUT2D eigenvalue weighted by atomic mass is 10.2. The van der Waals surface area contributed by atoms with Crippen molar-refractivity contribution < 1.29 is 13.6 Å². The van der Waals surface area contributed by atoms with Gasteiger partial charge in [-0.05, 0) is 24.3 Å². The molecule has 0 aliphatic rings. The number of anilines is 1. The molecule has 0 aliphatic heterocycles. The highest BCUT2D eigenvalue weighted by Gasteiger charge is 2.10. The highest BCUT2D eigenvalue weighted by atomic mass is 35.5. The molecule has 1 amide bonds. The average Bonchev–Trinajstić information content (AvgIpc) is 2.32. The number of carbonyl (C=O) groups excluding carboxylic acids is 1. The first-order valence-corrected chi connectivity index (χ1v) is 5.81. The molecule has 98 valence electrons. The van der Waals surface area contributed by atoms with Gasteiger partial charge in [0.25, 0.3) is 5.91 Å². The summed E-state index contributed by atoms with van der Waals surface area (Å²) in [6, 6.07) is 5.64. The molecule has 2 aromatic rings. The summed E-state index contributed by atoms with van der Waals surface area (Å²) >= 11 is 11.3. The summed E-state index contributed by atoms with van der Waals surface area (Å²) in [6.07, 6.45) is 0. The third kappa shape index (κ3) is 3.39. The smallest absolute Gasteiger partial charge is 0.255 e. The van der Waals surface area contributed by atoms with E-state index in [4.69, 9.17) is 23.2 Å². The molecule has 7 heteroatoms. The molecular formula is C12H6Cl2F2N2O. The van der Waals surface area contributed by atoms with Crippen molar-refractivity contribution in [2.45, 2.75) is 0 Å². The van der Waals surface area contributed by atoms with Crippen LogP contribution in [-0.2, 0) is 0 Å². The van der Waals surface area contributed by atoms with Crippen molar-refractivity contribution in [3.63, 3.8) is 0 Å². The van der Waals surface area contributed by atoms with E-state index in [0.717, 1.165) is 12.1 Å². The Morgan fingerprint density at radius 3 is 2.26 bits per heavy atom. The van der Waals surface area contributed by atoms with Gasteiger partial charge in [-0.3, -0.25) is 4.79 Å². The number of halogens is 4. The Morgan fingerprint density at radius 2 is 1.68 bits per heavy atom. The minimum absolute atomic E-state index is 0.0583.